The van der Waals surface area contributed by atoms with Crippen LogP contribution in [0, 0.1) is 22.7 Å². The van der Waals surface area contributed by atoms with Crippen molar-refractivity contribution in [3.05, 3.63) is 168 Å². The van der Waals surface area contributed by atoms with Gasteiger partial charge < -0.3 is 20.4 Å². The van der Waals surface area contributed by atoms with E-state index >= 15 is 0 Å². The molecule has 0 aliphatic carbocycles. The molecule has 0 aliphatic rings. The smallest absolute Gasteiger partial charge is 0.872 e. The molecule has 0 saturated carbocycles. The van der Waals surface area contributed by atoms with E-state index in [-0.39, 0.29) is 57.1 Å². The maximum absolute atomic E-state index is 11.4. The minimum absolute atomic E-state index is 0. The summed E-state index contributed by atoms with van der Waals surface area (Å²) in [6, 6.07) is 36.6. The van der Waals surface area contributed by atoms with Gasteiger partial charge in [0.05, 0.1) is 34.6 Å². The predicted molar refractivity (Wildman–Crippen MR) is 176 cm³/mol. The van der Waals surface area contributed by atoms with E-state index in [1.54, 1.807) is 122 Å². The molecule has 6 rings (SSSR count). The molecule has 12 heteroatoms. The molecular weight excluding hydrogens is 732 g/mol. The summed E-state index contributed by atoms with van der Waals surface area (Å²) < 4.78 is 0. The quantitative estimate of drug-likeness (QED) is 0.176. The van der Waals surface area contributed by atoms with Gasteiger partial charge in [-0.3, -0.25) is 20.0 Å². The van der Waals surface area contributed by atoms with Crippen LogP contribution in [-0.4, -0.2) is 22.4 Å². The van der Waals surface area contributed by atoms with Gasteiger partial charge in [-0.05, 0) is 47.5 Å². The third-order valence-electron chi connectivity index (χ3n) is 5.87. The second-order valence-corrected chi connectivity index (χ2v) is 9.22. The molecular formula is C38H26Cu2N6O4. The minimum Gasteiger partial charge on any atom is -0.872 e. The van der Waals surface area contributed by atoms with E-state index in [1.807, 2.05) is 12.1 Å². The number of pyridine rings is 2. The van der Waals surface area contributed by atoms with Crippen LogP contribution in [0.15, 0.2) is 156 Å². The molecule has 0 N–H and O–H groups in total. The fourth-order valence-corrected chi connectivity index (χ4v) is 3.43. The van der Waals surface area contributed by atoms with Crippen LogP contribution in [0.1, 0.15) is 22.3 Å². The molecule has 4 aromatic carbocycles. The molecule has 10 nitrogen and oxygen atoms in total. The first kappa shape index (κ1) is 41.8. The van der Waals surface area contributed by atoms with Crippen molar-refractivity contribution < 1.29 is 54.6 Å². The standard InChI is InChI=1S/2C13H11NO2.2C6H4N2.2Cu/c2*15-12-7-3-1-5-10(12)9-14-11-6-2-4-8-13(11)16;2*7-5-6-1-3-8-4-2-6;;/h2*1-9,15-16H;2*1-4H;;/q;;;;2*+2/p-4. The number of aromatic nitrogens is 2. The van der Waals surface area contributed by atoms with E-state index in [2.05, 4.69) is 20.0 Å². The largest absolute Gasteiger partial charge is 2.00 e. The van der Waals surface area contributed by atoms with E-state index < -0.39 is 0 Å². The maximum Gasteiger partial charge on any atom is 2.00 e. The van der Waals surface area contributed by atoms with Gasteiger partial charge in [0.25, 0.3) is 0 Å². The van der Waals surface area contributed by atoms with Gasteiger partial charge in [0.1, 0.15) is 0 Å². The molecule has 0 spiro atoms. The number of aliphatic imine (C=N–C) groups is 2. The SMILES string of the molecule is N#Cc1ccncc1.N#Cc1ccncc1.[Cu+2].[Cu+2].[O-]c1ccccc1C=Nc1ccccc1[O-].[O-]c1ccccc1C=Nc1ccccc1[O-]. The molecule has 0 bridgehead atoms. The van der Waals surface area contributed by atoms with Crippen molar-refractivity contribution in [2.75, 3.05) is 0 Å². The Bertz CT molecular complexity index is 1780. The van der Waals surface area contributed by atoms with E-state index in [4.69, 9.17) is 10.5 Å². The normalized spacial score (nSPS) is 9.40. The van der Waals surface area contributed by atoms with Crippen molar-refractivity contribution in [2.45, 2.75) is 0 Å². The van der Waals surface area contributed by atoms with Crippen molar-refractivity contribution >= 4 is 23.8 Å². The van der Waals surface area contributed by atoms with Crippen molar-refractivity contribution in [2.24, 2.45) is 9.98 Å². The van der Waals surface area contributed by atoms with Gasteiger partial charge >= 0.3 is 34.1 Å². The summed E-state index contributed by atoms with van der Waals surface area (Å²) in [5.74, 6) is -0.506. The monoisotopic (exact) mass is 756 g/mol. The first-order valence-electron chi connectivity index (χ1n) is 14.1. The van der Waals surface area contributed by atoms with E-state index in [9.17, 15) is 20.4 Å². The van der Waals surface area contributed by atoms with Crippen LogP contribution in [0.3, 0.4) is 0 Å². The molecule has 2 radical (unpaired) electrons. The number of hydrogen-bond acceptors (Lipinski definition) is 10. The van der Waals surface area contributed by atoms with Crippen LogP contribution in [0.4, 0.5) is 11.4 Å². The molecule has 0 saturated heterocycles. The van der Waals surface area contributed by atoms with Gasteiger partial charge in [0.2, 0.25) is 0 Å². The van der Waals surface area contributed by atoms with Crippen LogP contribution < -0.4 is 20.4 Å². The first-order chi connectivity index (χ1) is 23.4. The van der Waals surface area contributed by atoms with Gasteiger partial charge in [-0.1, -0.05) is 96.4 Å². The fourth-order valence-electron chi connectivity index (χ4n) is 3.43. The summed E-state index contributed by atoms with van der Waals surface area (Å²) in [7, 11) is 0. The maximum atomic E-state index is 11.4. The topological polar surface area (TPSA) is 190 Å². The number of benzene rings is 4. The molecule has 6 aromatic rings. The minimum atomic E-state index is -0.151. The van der Waals surface area contributed by atoms with E-state index in [0.717, 1.165) is 0 Å². The van der Waals surface area contributed by atoms with E-state index in [0.29, 0.717) is 33.6 Å². The molecule has 0 atom stereocenters. The molecule has 2 aromatic heterocycles. The molecule has 0 unspecified atom stereocenters. The summed E-state index contributed by atoms with van der Waals surface area (Å²) in [6.07, 6.45) is 9.21. The van der Waals surface area contributed by atoms with Crippen LogP contribution in [0.25, 0.3) is 0 Å². The Balaban J connectivity index is 0.000000345. The summed E-state index contributed by atoms with van der Waals surface area (Å²) in [4.78, 5) is 15.5. The number of hydrogen-bond donors (Lipinski definition) is 0. The zero-order valence-electron chi connectivity index (χ0n) is 25.9. The van der Waals surface area contributed by atoms with Crippen molar-refractivity contribution in [3.8, 4) is 35.1 Å². The Labute approximate surface area is 311 Å². The number of para-hydroxylation sites is 6. The Hall–Kier alpha value is -6.26. The van der Waals surface area contributed by atoms with Gasteiger partial charge in [-0.2, -0.15) is 10.5 Å². The number of nitrogens with zero attached hydrogens (tertiary/aromatic N) is 6. The van der Waals surface area contributed by atoms with Crippen molar-refractivity contribution in [3.63, 3.8) is 0 Å². The molecule has 254 valence electrons. The van der Waals surface area contributed by atoms with Gasteiger partial charge in [-0.25, -0.2) is 0 Å². The molecule has 0 amide bonds. The molecule has 50 heavy (non-hydrogen) atoms. The van der Waals surface area contributed by atoms with Gasteiger partial charge in [0, 0.05) is 37.2 Å². The second-order valence-electron chi connectivity index (χ2n) is 9.22. The van der Waals surface area contributed by atoms with E-state index in [1.165, 1.54) is 36.7 Å². The van der Waals surface area contributed by atoms with Crippen LogP contribution in [-0.2, 0) is 34.1 Å². The summed E-state index contributed by atoms with van der Waals surface area (Å²) in [5, 5.41) is 61.9. The van der Waals surface area contributed by atoms with Gasteiger partial charge in [0.15, 0.2) is 0 Å². The Morgan fingerprint density at radius 2 is 0.740 bits per heavy atom. The zero-order chi connectivity index (χ0) is 34.4. The van der Waals surface area contributed by atoms with Crippen LogP contribution >= 0.6 is 0 Å². The van der Waals surface area contributed by atoms with Crippen LogP contribution in [0.2, 0.25) is 0 Å². The van der Waals surface area contributed by atoms with Gasteiger partial charge in [-0.15, -0.1) is 11.5 Å². The third-order valence-corrected chi connectivity index (χ3v) is 5.87. The molecule has 0 fully saturated rings. The number of rotatable bonds is 4. The molecule has 2 heterocycles. The average molecular weight is 758 g/mol. The Morgan fingerprint density at radius 3 is 1.02 bits per heavy atom. The Morgan fingerprint density at radius 1 is 0.440 bits per heavy atom. The second kappa shape index (κ2) is 24.0. The number of nitriles is 2. The average Bonchev–Trinajstić information content (AvgIpc) is 3.14. The summed E-state index contributed by atoms with van der Waals surface area (Å²) in [6.45, 7) is 0. The van der Waals surface area contributed by atoms with Crippen molar-refractivity contribution in [1.82, 2.24) is 9.97 Å². The van der Waals surface area contributed by atoms with Crippen LogP contribution in [0.5, 0.6) is 23.0 Å². The molecule has 0 aliphatic heterocycles. The fraction of sp³-hybridized carbons (Fsp3) is 0. The third kappa shape index (κ3) is 15.1. The predicted octanol–water partition coefficient (Wildman–Crippen LogP) is 5.07. The Kier molecular flexibility index (Phi) is 20.0. The summed E-state index contributed by atoms with van der Waals surface area (Å²) in [5.41, 5.74) is 2.94. The zero-order valence-corrected chi connectivity index (χ0v) is 27.8. The first-order valence-corrected chi connectivity index (χ1v) is 14.1. The summed E-state index contributed by atoms with van der Waals surface area (Å²) >= 11 is 0. The van der Waals surface area contributed by atoms with Crippen molar-refractivity contribution in [1.29, 1.82) is 10.5 Å².